The fourth-order valence-corrected chi connectivity index (χ4v) is 3.79. The van der Waals surface area contributed by atoms with Gasteiger partial charge in [0.25, 0.3) is 0 Å². The van der Waals surface area contributed by atoms with E-state index in [1.54, 1.807) is 4.57 Å². The lowest BCUT2D eigenvalue weighted by Gasteiger charge is -2.41. The number of hydrogen-bond donors (Lipinski definition) is 2. The third-order valence-electron chi connectivity index (χ3n) is 5.07. The average molecular weight is 316 g/mol. The van der Waals surface area contributed by atoms with Gasteiger partial charge in [-0.05, 0) is 24.5 Å². The van der Waals surface area contributed by atoms with Crippen LogP contribution < -0.4 is 5.32 Å². The quantitative estimate of drug-likeness (QED) is 0.844. The Balaban J connectivity index is 1.65. The van der Waals surface area contributed by atoms with E-state index >= 15 is 0 Å². The number of nitriles is 1. The summed E-state index contributed by atoms with van der Waals surface area (Å²) in [5.41, 5.74) is 1.11. The van der Waals surface area contributed by atoms with Crippen LogP contribution in [0.5, 0.6) is 0 Å². The molecule has 7 heteroatoms. The van der Waals surface area contributed by atoms with Crippen LogP contribution in [0.2, 0.25) is 0 Å². The number of carboxylic acid groups (broad SMARTS) is 1. The monoisotopic (exact) mass is 316 g/mol. The summed E-state index contributed by atoms with van der Waals surface area (Å²) >= 11 is 0. The Morgan fingerprint density at radius 2 is 2.22 bits per heavy atom. The Hall–Kier alpha value is -2.33. The zero-order chi connectivity index (χ0) is 16.6. The number of aryl methyl sites for hydroxylation is 1. The fraction of sp³-hybridized carbons (Fsp3) is 0.562. The molecule has 2 fully saturated rings. The van der Waals surface area contributed by atoms with Crippen molar-refractivity contribution in [1.29, 1.82) is 5.26 Å². The van der Waals surface area contributed by atoms with Crippen LogP contribution in [0.15, 0.2) is 12.3 Å². The minimum atomic E-state index is -0.890. The molecule has 0 unspecified atom stereocenters. The van der Waals surface area contributed by atoms with Crippen LogP contribution in [0, 0.1) is 17.2 Å². The van der Waals surface area contributed by atoms with Gasteiger partial charge in [0.1, 0.15) is 11.8 Å². The lowest BCUT2D eigenvalue weighted by molar-refractivity contribution is -0.144. The zero-order valence-electron chi connectivity index (χ0n) is 13.1. The maximum absolute atomic E-state index is 11.7. The maximum Gasteiger partial charge on any atom is 0.309 e. The molecule has 2 N–H and O–H groups in total. The number of carboxylic acids is 1. The number of aromatic nitrogens is 1. The summed E-state index contributed by atoms with van der Waals surface area (Å²) in [4.78, 5) is 25.3. The summed E-state index contributed by atoms with van der Waals surface area (Å²) in [6.07, 6.45) is 3.32. The number of likely N-dealkylation sites (tertiary alicyclic amines) is 1. The second kappa shape index (κ2) is 5.70. The van der Waals surface area contributed by atoms with Crippen LogP contribution in [0.25, 0.3) is 0 Å². The van der Waals surface area contributed by atoms with Crippen LogP contribution in [0.1, 0.15) is 30.5 Å². The smallest absolute Gasteiger partial charge is 0.309 e. The van der Waals surface area contributed by atoms with Gasteiger partial charge in [0.05, 0.1) is 11.5 Å². The number of carbonyl (C=O) groups is 2. The van der Waals surface area contributed by atoms with E-state index in [1.807, 2.05) is 19.3 Å². The molecule has 2 aliphatic rings. The topological polar surface area (TPSA) is 98.4 Å². The second-order valence-electron chi connectivity index (χ2n) is 6.53. The molecule has 3 rings (SSSR count). The highest BCUT2D eigenvalue weighted by Gasteiger charge is 2.51. The van der Waals surface area contributed by atoms with E-state index < -0.39 is 17.4 Å². The SMILES string of the molecule is Cn1cc(CN2CCC3(CC2)NC(=O)C[C@@H]3C(=O)O)cc1C#N. The number of nitrogens with one attached hydrogen (secondary N) is 1. The number of nitrogens with zero attached hydrogens (tertiary/aromatic N) is 3. The van der Waals surface area contributed by atoms with Crippen molar-refractivity contribution in [2.75, 3.05) is 13.1 Å². The van der Waals surface area contributed by atoms with E-state index in [4.69, 9.17) is 5.26 Å². The van der Waals surface area contributed by atoms with E-state index in [1.165, 1.54) is 0 Å². The third kappa shape index (κ3) is 2.82. The summed E-state index contributed by atoms with van der Waals surface area (Å²) in [7, 11) is 1.85. The molecule has 7 nitrogen and oxygen atoms in total. The van der Waals surface area contributed by atoms with Crippen molar-refractivity contribution in [1.82, 2.24) is 14.8 Å². The highest BCUT2D eigenvalue weighted by atomic mass is 16.4. The van der Waals surface area contributed by atoms with Gasteiger partial charge >= 0.3 is 5.97 Å². The lowest BCUT2D eigenvalue weighted by atomic mass is 9.77. The van der Waals surface area contributed by atoms with Gasteiger partial charge < -0.3 is 15.0 Å². The molecular weight excluding hydrogens is 296 g/mol. The number of carbonyl (C=O) groups excluding carboxylic acids is 1. The van der Waals surface area contributed by atoms with Crippen molar-refractivity contribution < 1.29 is 14.7 Å². The molecule has 1 spiro atoms. The molecular formula is C16H20N4O3. The van der Waals surface area contributed by atoms with Gasteiger partial charge in [-0.15, -0.1) is 0 Å². The highest BCUT2D eigenvalue weighted by Crippen LogP contribution is 2.37. The Morgan fingerprint density at radius 1 is 1.52 bits per heavy atom. The van der Waals surface area contributed by atoms with Crippen LogP contribution in [0.3, 0.4) is 0 Å². The first-order valence-corrected chi connectivity index (χ1v) is 7.75. The average Bonchev–Trinajstić information content (AvgIpc) is 3.02. The molecule has 23 heavy (non-hydrogen) atoms. The second-order valence-corrected chi connectivity index (χ2v) is 6.53. The molecule has 2 aliphatic heterocycles. The first-order chi connectivity index (χ1) is 10.9. The molecule has 1 atom stereocenters. The zero-order valence-corrected chi connectivity index (χ0v) is 13.1. The van der Waals surface area contributed by atoms with Crippen molar-refractivity contribution in [2.45, 2.75) is 31.3 Å². The van der Waals surface area contributed by atoms with Crippen molar-refractivity contribution in [3.63, 3.8) is 0 Å². The van der Waals surface area contributed by atoms with E-state index in [0.29, 0.717) is 18.5 Å². The Bertz CT molecular complexity index is 680. The summed E-state index contributed by atoms with van der Waals surface area (Å²) < 4.78 is 1.80. The Kier molecular flexibility index (Phi) is 3.86. The molecule has 0 bridgehead atoms. The highest BCUT2D eigenvalue weighted by molar-refractivity contribution is 5.88. The first kappa shape index (κ1) is 15.6. The Labute approximate surface area is 134 Å². The van der Waals surface area contributed by atoms with Crippen LogP contribution in [-0.2, 0) is 23.2 Å². The van der Waals surface area contributed by atoms with Gasteiger partial charge in [-0.3, -0.25) is 14.5 Å². The van der Waals surface area contributed by atoms with Crippen molar-refractivity contribution in [3.05, 3.63) is 23.5 Å². The van der Waals surface area contributed by atoms with E-state index in [0.717, 1.165) is 25.2 Å². The summed E-state index contributed by atoms with van der Waals surface area (Å²) in [6, 6.07) is 4.02. The van der Waals surface area contributed by atoms with E-state index in [9.17, 15) is 14.7 Å². The number of hydrogen-bond acceptors (Lipinski definition) is 4. The molecule has 0 radical (unpaired) electrons. The summed E-state index contributed by atoms with van der Waals surface area (Å²) in [5.74, 6) is -1.68. The van der Waals surface area contributed by atoms with Crippen molar-refractivity contribution in [2.24, 2.45) is 13.0 Å². The predicted octanol–water partition coefficient (Wildman–Crippen LogP) is 0.452. The van der Waals surface area contributed by atoms with Crippen LogP contribution in [-0.4, -0.2) is 45.1 Å². The number of piperidine rings is 1. The third-order valence-corrected chi connectivity index (χ3v) is 5.07. The minimum absolute atomic E-state index is 0.0829. The fourth-order valence-electron chi connectivity index (χ4n) is 3.79. The number of aliphatic carboxylic acids is 1. The summed E-state index contributed by atoms with van der Waals surface area (Å²) in [6.45, 7) is 2.21. The largest absolute Gasteiger partial charge is 0.481 e. The van der Waals surface area contributed by atoms with Crippen molar-refractivity contribution in [3.8, 4) is 6.07 Å². The Morgan fingerprint density at radius 3 is 2.78 bits per heavy atom. The molecule has 1 aromatic heterocycles. The van der Waals surface area contributed by atoms with Gasteiger partial charge in [-0.25, -0.2) is 0 Å². The number of rotatable bonds is 3. The van der Waals surface area contributed by atoms with E-state index in [2.05, 4.69) is 16.3 Å². The summed E-state index contributed by atoms with van der Waals surface area (Å²) in [5, 5.41) is 21.3. The molecule has 3 heterocycles. The van der Waals surface area contributed by atoms with Gasteiger partial charge in [0, 0.05) is 39.3 Å². The standard InChI is InChI=1S/C16H20N4O3/c1-19-9-11(6-12(19)8-17)10-20-4-2-16(3-5-20)13(15(22)23)7-14(21)18-16/h6,9,13H,2-5,7,10H2,1H3,(H,18,21)(H,22,23)/t13-/m1/s1. The lowest BCUT2D eigenvalue weighted by Crippen LogP contribution is -2.55. The van der Waals surface area contributed by atoms with Crippen LogP contribution >= 0.6 is 0 Å². The number of amides is 1. The van der Waals surface area contributed by atoms with Crippen LogP contribution in [0.4, 0.5) is 0 Å². The van der Waals surface area contributed by atoms with Gasteiger partial charge in [-0.1, -0.05) is 0 Å². The molecule has 0 saturated carbocycles. The predicted molar refractivity (Wildman–Crippen MR) is 81.3 cm³/mol. The maximum atomic E-state index is 11.7. The molecule has 2 saturated heterocycles. The molecule has 0 aromatic carbocycles. The van der Waals surface area contributed by atoms with E-state index in [-0.39, 0.29) is 12.3 Å². The van der Waals surface area contributed by atoms with Gasteiger partial charge in [-0.2, -0.15) is 5.26 Å². The van der Waals surface area contributed by atoms with Gasteiger partial charge in [0.15, 0.2) is 0 Å². The van der Waals surface area contributed by atoms with Crippen molar-refractivity contribution >= 4 is 11.9 Å². The molecule has 1 amide bonds. The minimum Gasteiger partial charge on any atom is -0.481 e. The normalized spacial score (nSPS) is 23.7. The molecule has 122 valence electrons. The molecule has 0 aliphatic carbocycles. The molecule has 1 aromatic rings. The van der Waals surface area contributed by atoms with Gasteiger partial charge in [0.2, 0.25) is 5.91 Å². The first-order valence-electron chi connectivity index (χ1n) is 7.75.